The molecule has 2 atom stereocenters. The van der Waals surface area contributed by atoms with Crippen LogP contribution in [0.25, 0.3) is 6.08 Å². The summed E-state index contributed by atoms with van der Waals surface area (Å²) >= 11 is 7.14. The van der Waals surface area contributed by atoms with E-state index >= 15 is 0 Å². The fraction of sp³-hybridized carbons (Fsp3) is 0.625. The van der Waals surface area contributed by atoms with Crippen LogP contribution in [0.2, 0.25) is 4.34 Å². The van der Waals surface area contributed by atoms with Gasteiger partial charge < -0.3 is 20.0 Å². The number of sulfonamides is 1. The standard InChI is InChI=1S/C24H35ClN6O5S2/c1-26-24(34)29-13-11-28(12-14-29)16-18-4-2-10-31(18)22(32)17-30-9-3-5-20(23(30)33)27-38(35,36)15-8-19-6-7-21(25)37-19/h6-8,15,18,20,27H,2-5,9-14,16-17H2,1H3,(H,26,34)/t18-,20-/m0/s1. The van der Waals surface area contributed by atoms with E-state index in [1.807, 2.05) is 4.90 Å². The maximum atomic E-state index is 13.2. The van der Waals surface area contributed by atoms with E-state index in [0.717, 1.165) is 37.9 Å². The minimum absolute atomic E-state index is 0.0540. The summed E-state index contributed by atoms with van der Waals surface area (Å²) < 4.78 is 28.2. The van der Waals surface area contributed by atoms with Crippen molar-refractivity contribution in [1.82, 2.24) is 29.6 Å². The number of halogens is 1. The number of rotatable bonds is 8. The summed E-state index contributed by atoms with van der Waals surface area (Å²) in [6, 6.07) is 2.50. The molecule has 0 saturated carbocycles. The largest absolute Gasteiger partial charge is 0.341 e. The molecule has 210 valence electrons. The van der Waals surface area contributed by atoms with Crippen LogP contribution < -0.4 is 10.0 Å². The highest BCUT2D eigenvalue weighted by molar-refractivity contribution is 7.92. The molecule has 3 aliphatic heterocycles. The number of nitrogens with zero attached hydrogens (tertiary/aromatic N) is 4. The lowest BCUT2D eigenvalue weighted by atomic mass is 10.1. The summed E-state index contributed by atoms with van der Waals surface area (Å²) in [6.45, 7) is 4.57. The van der Waals surface area contributed by atoms with E-state index in [1.54, 1.807) is 24.1 Å². The second-order valence-corrected chi connectivity index (χ2v) is 13.1. The molecule has 1 aromatic rings. The van der Waals surface area contributed by atoms with Gasteiger partial charge in [0.15, 0.2) is 0 Å². The zero-order valence-corrected chi connectivity index (χ0v) is 23.9. The van der Waals surface area contributed by atoms with Gasteiger partial charge in [0, 0.05) is 69.2 Å². The first kappa shape index (κ1) is 28.8. The Morgan fingerprint density at radius 3 is 2.53 bits per heavy atom. The molecule has 0 radical (unpaired) electrons. The average Bonchev–Trinajstić information content (AvgIpc) is 3.54. The summed E-state index contributed by atoms with van der Waals surface area (Å²) in [5.41, 5.74) is 0. The molecule has 38 heavy (non-hydrogen) atoms. The van der Waals surface area contributed by atoms with Crippen LogP contribution in [0.5, 0.6) is 0 Å². The number of thiophene rings is 1. The molecule has 1 aromatic heterocycles. The lowest BCUT2D eigenvalue weighted by Crippen LogP contribution is -2.56. The van der Waals surface area contributed by atoms with Crippen molar-refractivity contribution in [3.63, 3.8) is 0 Å². The SMILES string of the molecule is CNC(=O)N1CCN(C[C@@H]2CCCN2C(=O)CN2CCC[C@H](NS(=O)(=O)C=Cc3ccc(Cl)s3)C2=O)CC1. The third kappa shape index (κ3) is 7.47. The molecule has 0 aromatic carbocycles. The summed E-state index contributed by atoms with van der Waals surface area (Å²) in [5, 5.41) is 3.69. The third-order valence-corrected chi connectivity index (χ3v) is 9.51. The molecule has 4 amide bonds. The maximum Gasteiger partial charge on any atom is 0.317 e. The number of amides is 4. The monoisotopic (exact) mass is 586 g/mol. The second kappa shape index (κ2) is 12.8. The first-order chi connectivity index (χ1) is 18.1. The van der Waals surface area contributed by atoms with Crippen LogP contribution >= 0.6 is 22.9 Å². The van der Waals surface area contributed by atoms with Crippen molar-refractivity contribution in [2.24, 2.45) is 0 Å². The van der Waals surface area contributed by atoms with Gasteiger partial charge in [0.25, 0.3) is 0 Å². The fourth-order valence-corrected chi connectivity index (χ4v) is 7.29. The van der Waals surface area contributed by atoms with Crippen LogP contribution in [0, 0.1) is 0 Å². The molecule has 2 N–H and O–H groups in total. The number of urea groups is 1. The maximum absolute atomic E-state index is 13.2. The topological polar surface area (TPSA) is 122 Å². The first-order valence-corrected chi connectivity index (χ1v) is 15.6. The van der Waals surface area contributed by atoms with Crippen LogP contribution in [0.1, 0.15) is 30.6 Å². The summed E-state index contributed by atoms with van der Waals surface area (Å²) in [5.74, 6) is -0.482. The van der Waals surface area contributed by atoms with Gasteiger partial charge in [-0.1, -0.05) is 11.6 Å². The highest BCUT2D eigenvalue weighted by Gasteiger charge is 2.36. The van der Waals surface area contributed by atoms with Crippen LogP contribution in [0.4, 0.5) is 4.79 Å². The van der Waals surface area contributed by atoms with E-state index in [2.05, 4.69) is 14.9 Å². The number of carbonyl (C=O) groups is 3. The zero-order chi connectivity index (χ0) is 27.3. The molecule has 0 bridgehead atoms. The van der Waals surface area contributed by atoms with Gasteiger partial charge in [-0.05, 0) is 43.9 Å². The van der Waals surface area contributed by atoms with Gasteiger partial charge in [-0.3, -0.25) is 14.5 Å². The Labute approximate surface area is 232 Å². The molecule has 0 aliphatic carbocycles. The van der Waals surface area contributed by atoms with Crippen LogP contribution in [-0.2, 0) is 19.6 Å². The summed E-state index contributed by atoms with van der Waals surface area (Å²) in [4.78, 5) is 46.2. The van der Waals surface area contributed by atoms with E-state index in [4.69, 9.17) is 11.6 Å². The van der Waals surface area contributed by atoms with Gasteiger partial charge in [-0.15, -0.1) is 11.3 Å². The van der Waals surface area contributed by atoms with E-state index in [0.29, 0.717) is 48.2 Å². The fourth-order valence-electron chi connectivity index (χ4n) is 5.22. The van der Waals surface area contributed by atoms with Crippen molar-refractivity contribution in [3.8, 4) is 0 Å². The molecular weight excluding hydrogens is 552 g/mol. The summed E-state index contributed by atoms with van der Waals surface area (Å²) in [6.07, 6.45) is 4.25. The predicted octanol–water partition coefficient (Wildman–Crippen LogP) is 1.23. The lowest BCUT2D eigenvalue weighted by Gasteiger charge is -2.38. The second-order valence-electron chi connectivity index (χ2n) is 9.79. The van der Waals surface area contributed by atoms with Crippen molar-refractivity contribution < 1.29 is 22.8 Å². The number of nitrogens with one attached hydrogen (secondary N) is 2. The minimum Gasteiger partial charge on any atom is -0.341 e. The normalized spacial score (nSPS) is 23.4. The van der Waals surface area contributed by atoms with E-state index < -0.39 is 16.1 Å². The molecule has 0 spiro atoms. The van der Waals surface area contributed by atoms with Crippen molar-refractivity contribution >= 4 is 56.9 Å². The third-order valence-electron chi connectivity index (χ3n) is 7.21. The number of carbonyl (C=O) groups excluding carboxylic acids is 3. The molecular formula is C24H35ClN6O5S2. The van der Waals surface area contributed by atoms with Gasteiger partial charge in [0.1, 0.15) is 6.04 Å². The number of piperazine rings is 1. The van der Waals surface area contributed by atoms with Crippen LogP contribution in [-0.4, -0.2) is 117 Å². The van der Waals surface area contributed by atoms with Crippen molar-refractivity contribution in [1.29, 1.82) is 0 Å². The average molecular weight is 587 g/mol. The quantitative estimate of drug-likeness (QED) is 0.472. The molecule has 3 fully saturated rings. The Bertz CT molecular complexity index is 1150. The van der Waals surface area contributed by atoms with Gasteiger partial charge in [-0.2, -0.15) is 4.72 Å². The van der Waals surface area contributed by atoms with Crippen LogP contribution in [0.3, 0.4) is 0 Å². The lowest BCUT2D eigenvalue weighted by molar-refractivity contribution is -0.143. The molecule has 0 unspecified atom stereocenters. The molecule has 4 rings (SSSR count). The molecule has 4 heterocycles. The number of likely N-dealkylation sites (tertiary alicyclic amines) is 2. The van der Waals surface area contributed by atoms with Crippen molar-refractivity contribution in [3.05, 3.63) is 26.8 Å². The number of hydrogen-bond donors (Lipinski definition) is 2. The Balaban J connectivity index is 1.29. The van der Waals surface area contributed by atoms with E-state index in [9.17, 15) is 22.8 Å². The van der Waals surface area contributed by atoms with E-state index in [-0.39, 0.29) is 30.4 Å². The number of piperidine rings is 1. The molecule has 14 heteroatoms. The Morgan fingerprint density at radius 2 is 1.84 bits per heavy atom. The highest BCUT2D eigenvalue weighted by Crippen LogP contribution is 2.23. The van der Waals surface area contributed by atoms with Crippen molar-refractivity contribution in [2.75, 3.05) is 59.4 Å². The predicted molar refractivity (Wildman–Crippen MR) is 147 cm³/mol. The van der Waals surface area contributed by atoms with E-state index in [1.165, 1.54) is 22.3 Å². The molecule has 3 saturated heterocycles. The van der Waals surface area contributed by atoms with Gasteiger partial charge in [0.05, 0.1) is 10.9 Å². The Kier molecular flexibility index (Phi) is 9.69. The first-order valence-electron chi connectivity index (χ1n) is 12.9. The van der Waals surface area contributed by atoms with Gasteiger partial charge in [0.2, 0.25) is 21.8 Å². The smallest absolute Gasteiger partial charge is 0.317 e. The van der Waals surface area contributed by atoms with Crippen LogP contribution in [0.15, 0.2) is 17.5 Å². The molecule has 3 aliphatic rings. The van der Waals surface area contributed by atoms with Gasteiger partial charge in [-0.25, -0.2) is 13.2 Å². The Hall–Kier alpha value is -2.19. The minimum atomic E-state index is -3.85. The zero-order valence-electron chi connectivity index (χ0n) is 21.5. The number of hydrogen-bond acceptors (Lipinski definition) is 7. The Morgan fingerprint density at radius 1 is 1.11 bits per heavy atom. The van der Waals surface area contributed by atoms with Gasteiger partial charge >= 0.3 is 6.03 Å². The van der Waals surface area contributed by atoms with Crippen molar-refractivity contribution in [2.45, 2.75) is 37.8 Å². The molecule has 11 nitrogen and oxygen atoms in total. The summed E-state index contributed by atoms with van der Waals surface area (Å²) in [7, 11) is -2.22. The highest BCUT2D eigenvalue weighted by atomic mass is 35.5.